The van der Waals surface area contributed by atoms with E-state index in [2.05, 4.69) is 20.2 Å². The third-order valence-corrected chi connectivity index (χ3v) is 7.75. The fraction of sp³-hybridized carbons (Fsp3) is 0.400. The molecule has 7 nitrogen and oxygen atoms in total. The number of phenolic OH excluding ortho intramolecular Hbond substituents is 1. The summed E-state index contributed by atoms with van der Waals surface area (Å²) in [5.41, 5.74) is 1.73. The molecule has 0 spiro atoms. The third-order valence-electron chi connectivity index (χ3n) is 7.02. The molecular formula is C25H27Cl2N5O2. The third kappa shape index (κ3) is 4.78. The number of para-hydroxylation sites is 1. The van der Waals surface area contributed by atoms with Crippen molar-refractivity contribution in [3.8, 4) is 5.75 Å². The number of aromatic hydroxyl groups is 1. The van der Waals surface area contributed by atoms with Gasteiger partial charge in [0.05, 0.1) is 22.1 Å². The number of phenols is 1. The summed E-state index contributed by atoms with van der Waals surface area (Å²) in [7, 11) is 0. The fourth-order valence-electron chi connectivity index (χ4n) is 5.14. The Hall–Kier alpha value is -2.61. The second-order valence-electron chi connectivity index (χ2n) is 9.01. The molecule has 0 radical (unpaired) electrons. The number of likely N-dealkylation sites (tertiary alicyclic amines) is 2. The Morgan fingerprint density at radius 3 is 2.62 bits per heavy atom. The number of nitrogens with zero attached hydrogens (tertiary/aromatic N) is 4. The molecule has 1 unspecified atom stereocenters. The number of anilines is 1. The molecule has 3 heterocycles. The van der Waals surface area contributed by atoms with Crippen LogP contribution in [0.4, 0.5) is 5.82 Å². The van der Waals surface area contributed by atoms with Crippen molar-refractivity contribution in [3.63, 3.8) is 0 Å². The summed E-state index contributed by atoms with van der Waals surface area (Å²) in [6, 6.07) is 11.5. The van der Waals surface area contributed by atoms with Gasteiger partial charge in [0.25, 0.3) is 0 Å². The minimum Gasteiger partial charge on any atom is -0.508 e. The Kier molecular flexibility index (Phi) is 6.77. The zero-order chi connectivity index (χ0) is 23.7. The summed E-state index contributed by atoms with van der Waals surface area (Å²) in [4.78, 5) is 25.8. The Bertz CT molecular complexity index is 1200. The molecule has 2 fully saturated rings. The second kappa shape index (κ2) is 9.94. The minimum atomic E-state index is 0.0541. The highest BCUT2D eigenvalue weighted by atomic mass is 35.5. The number of amides is 1. The molecule has 3 aromatic rings. The van der Waals surface area contributed by atoms with E-state index in [9.17, 15) is 9.90 Å². The monoisotopic (exact) mass is 499 g/mol. The van der Waals surface area contributed by atoms with Crippen LogP contribution in [0, 0.1) is 0 Å². The van der Waals surface area contributed by atoms with E-state index >= 15 is 0 Å². The van der Waals surface area contributed by atoms with Gasteiger partial charge in [-0.1, -0.05) is 41.4 Å². The summed E-state index contributed by atoms with van der Waals surface area (Å²) in [5.74, 6) is 1.41. The summed E-state index contributed by atoms with van der Waals surface area (Å²) < 4.78 is 0. The first kappa shape index (κ1) is 23.1. The van der Waals surface area contributed by atoms with Crippen molar-refractivity contribution < 1.29 is 9.90 Å². The van der Waals surface area contributed by atoms with Crippen LogP contribution in [0.15, 0.2) is 42.7 Å². The highest BCUT2D eigenvalue weighted by Gasteiger charge is 2.33. The summed E-state index contributed by atoms with van der Waals surface area (Å²) in [6.07, 6.45) is 4.48. The van der Waals surface area contributed by atoms with E-state index in [1.807, 2.05) is 23.1 Å². The SMILES string of the molecule is O=C(CNc1ncnc2cc(Cl)c(Cl)cc12)N1CCC(N2CCC(c3ccccc3O)CC2)C1. The van der Waals surface area contributed by atoms with Crippen LogP contribution in [-0.2, 0) is 4.79 Å². The number of hydrogen-bond acceptors (Lipinski definition) is 6. The van der Waals surface area contributed by atoms with Crippen molar-refractivity contribution in [3.05, 3.63) is 58.3 Å². The van der Waals surface area contributed by atoms with Crippen LogP contribution in [0.5, 0.6) is 5.75 Å². The number of carbonyl (C=O) groups excluding carboxylic acids is 1. The van der Waals surface area contributed by atoms with Gasteiger partial charge >= 0.3 is 0 Å². The molecule has 0 saturated carbocycles. The molecule has 2 saturated heterocycles. The molecule has 9 heteroatoms. The summed E-state index contributed by atoms with van der Waals surface area (Å²) in [6.45, 7) is 3.64. The lowest BCUT2D eigenvalue weighted by atomic mass is 9.88. The van der Waals surface area contributed by atoms with Gasteiger partial charge in [0, 0.05) is 24.5 Å². The minimum absolute atomic E-state index is 0.0541. The number of carbonyl (C=O) groups is 1. The van der Waals surface area contributed by atoms with Crippen molar-refractivity contribution in [1.82, 2.24) is 19.8 Å². The molecule has 0 bridgehead atoms. The van der Waals surface area contributed by atoms with E-state index in [0.29, 0.717) is 39.1 Å². The summed E-state index contributed by atoms with van der Waals surface area (Å²) >= 11 is 12.2. The number of benzene rings is 2. The Morgan fingerprint density at radius 2 is 1.82 bits per heavy atom. The zero-order valence-electron chi connectivity index (χ0n) is 18.8. The van der Waals surface area contributed by atoms with Crippen LogP contribution in [-0.4, -0.2) is 69.5 Å². The predicted molar refractivity (Wildman–Crippen MR) is 135 cm³/mol. The molecule has 5 rings (SSSR count). The average Bonchev–Trinajstić information content (AvgIpc) is 3.34. The van der Waals surface area contributed by atoms with Crippen molar-refractivity contribution in [2.24, 2.45) is 0 Å². The fourth-order valence-corrected chi connectivity index (χ4v) is 5.46. The van der Waals surface area contributed by atoms with Crippen LogP contribution in [0.25, 0.3) is 10.9 Å². The summed E-state index contributed by atoms with van der Waals surface area (Å²) in [5, 5.41) is 14.9. The lowest BCUT2D eigenvalue weighted by Gasteiger charge is -2.36. The number of rotatable bonds is 5. The molecular weight excluding hydrogens is 473 g/mol. The largest absolute Gasteiger partial charge is 0.508 e. The van der Waals surface area contributed by atoms with Crippen LogP contribution in [0.3, 0.4) is 0 Å². The number of nitrogens with one attached hydrogen (secondary N) is 1. The van der Waals surface area contributed by atoms with Crippen molar-refractivity contribution >= 4 is 45.8 Å². The van der Waals surface area contributed by atoms with Gasteiger partial charge in [0.1, 0.15) is 17.9 Å². The number of piperidine rings is 1. The van der Waals surface area contributed by atoms with Gasteiger partial charge in [0.2, 0.25) is 5.91 Å². The average molecular weight is 500 g/mol. The van der Waals surface area contributed by atoms with Gasteiger partial charge in [-0.2, -0.15) is 0 Å². The molecule has 2 aromatic carbocycles. The first-order valence-electron chi connectivity index (χ1n) is 11.6. The van der Waals surface area contributed by atoms with Crippen LogP contribution < -0.4 is 5.32 Å². The van der Waals surface area contributed by atoms with Gasteiger partial charge < -0.3 is 15.3 Å². The highest BCUT2D eigenvalue weighted by molar-refractivity contribution is 6.42. The molecule has 2 aliphatic rings. The van der Waals surface area contributed by atoms with Crippen molar-refractivity contribution in [2.45, 2.75) is 31.2 Å². The topological polar surface area (TPSA) is 81.6 Å². The van der Waals surface area contributed by atoms with E-state index in [1.165, 1.54) is 6.33 Å². The highest BCUT2D eigenvalue weighted by Crippen LogP contribution is 2.35. The molecule has 178 valence electrons. The van der Waals surface area contributed by atoms with Gasteiger partial charge in [0.15, 0.2) is 0 Å². The molecule has 0 aliphatic carbocycles. The van der Waals surface area contributed by atoms with E-state index < -0.39 is 0 Å². The van der Waals surface area contributed by atoms with Crippen molar-refractivity contribution in [2.75, 3.05) is 38.0 Å². The Labute approximate surface area is 208 Å². The van der Waals surface area contributed by atoms with Crippen LogP contribution in [0.1, 0.15) is 30.7 Å². The maximum atomic E-state index is 12.9. The lowest BCUT2D eigenvalue weighted by molar-refractivity contribution is -0.128. The standard InChI is InChI=1S/C25H27Cl2N5O2/c26-20-11-19-22(12-21(20)27)29-15-30-25(19)28-13-24(34)32-10-7-17(14-32)31-8-5-16(6-9-31)18-3-1-2-4-23(18)33/h1-4,11-12,15-17,33H,5-10,13-14H2,(H,28,29,30). The Morgan fingerprint density at radius 1 is 1.06 bits per heavy atom. The predicted octanol–water partition coefficient (Wildman–Crippen LogP) is 4.53. The maximum absolute atomic E-state index is 12.9. The van der Waals surface area contributed by atoms with Gasteiger partial charge in [-0.05, 0) is 62.0 Å². The molecule has 1 atom stereocenters. The van der Waals surface area contributed by atoms with Crippen LogP contribution in [0.2, 0.25) is 10.0 Å². The van der Waals surface area contributed by atoms with E-state index in [4.69, 9.17) is 23.2 Å². The van der Waals surface area contributed by atoms with Crippen LogP contribution >= 0.6 is 23.2 Å². The van der Waals surface area contributed by atoms with Gasteiger partial charge in [-0.3, -0.25) is 9.69 Å². The first-order valence-corrected chi connectivity index (χ1v) is 12.4. The Balaban J connectivity index is 1.15. The molecule has 34 heavy (non-hydrogen) atoms. The number of fused-ring (bicyclic) bond motifs is 1. The van der Waals surface area contributed by atoms with E-state index in [-0.39, 0.29) is 12.5 Å². The lowest BCUT2D eigenvalue weighted by Crippen LogP contribution is -2.43. The normalized spacial score (nSPS) is 19.6. The molecule has 1 amide bonds. The smallest absolute Gasteiger partial charge is 0.241 e. The van der Waals surface area contributed by atoms with Gasteiger partial charge in [-0.15, -0.1) is 0 Å². The quantitative estimate of drug-likeness (QED) is 0.536. The molecule has 2 aliphatic heterocycles. The van der Waals surface area contributed by atoms with Gasteiger partial charge in [-0.25, -0.2) is 9.97 Å². The first-order chi connectivity index (χ1) is 16.5. The number of hydrogen-bond donors (Lipinski definition) is 2. The van der Waals surface area contributed by atoms with Crippen molar-refractivity contribution in [1.29, 1.82) is 0 Å². The van der Waals surface area contributed by atoms with E-state index in [0.717, 1.165) is 56.4 Å². The van der Waals surface area contributed by atoms with E-state index in [1.54, 1.807) is 18.2 Å². The molecule has 2 N–H and O–H groups in total. The molecule has 1 aromatic heterocycles. The number of aromatic nitrogens is 2. The number of halogens is 2. The second-order valence-corrected chi connectivity index (χ2v) is 9.83. The maximum Gasteiger partial charge on any atom is 0.241 e. The zero-order valence-corrected chi connectivity index (χ0v) is 20.3.